The van der Waals surface area contributed by atoms with E-state index in [1.54, 1.807) is 0 Å². The molecule has 0 heterocycles. The second kappa shape index (κ2) is 8.22. The molecule has 2 N–H and O–H groups in total. The third kappa shape index (κ3) is 4.35. The second-order valence-electron chi connectivity index (χ2n) is 7.87. The molecule has 2 amide bonds. The minimum Gasteiger partial charge on any atom is -0.396 e. The largest absolute Gasteiger partial charge is 0.396 e. The number of benzene rings is 1. The lowest BCUT2D eigenvalue weighted by molar-refractivity contribution is 0.133. The molecule has 2 aliphatic carbocycles. The molecule has 0 saturated heterocycles. The van der Waals surface area contributed by atoms with Crippen molar-refractivity contribution in [3.05, 3.63) is 34.9 Å². The zero-order valence-corrected chi connectivity index (χ0v) is 15.6. The first-order chi connectivity index (χ1) is 12.1. The number of hydrogen-bond acceptors (Lipinski definition) is 2. The smallest absolute Gasteiger partial charge is 0.317 e. The maximum atomic E-state index is 12.6. The molecule has 4 heteroatoms. The number of aliphatic hydroxyl groups excluding tert-OH is 1. The number of urea groups is 1. The SMILES string of the molecule is CC(NC(=O)N(C)C1CCC(CO)CC1)c1ccc2c(c1)CCCC2. The van der Waals surface area contributed by atoms with E-state index in [0.29, 0.717) is 12.0 Å². The number of rotatable bonds is 4. The van der Waals surface area contributed by atoms with E-state index in [2.05, 4.69) is 30.4 Å². The number of fused-ring (bicyclic) bond motifs is 1. The molecule has 1 atom stereocenters. The summed E-state index contributed by atoms with van der Waals surface area (Å²) in [6.07, 6.45) is 8.93. The predicted octanol–water partition coefficient (Wildman–Crippen LogP) is 3.82. The molecule has 4 nitrogen and oxygen atoms in total. The lowest BCUT2D eigenvalue weighted by Crippen LogP contribution is -2.45. The van der Waals surface area contributed by atoms with Crippen molar-refractivity contribution in [2.24, 2.45) is 5.92 Å². The van der Waals surface area contributed by atoms with Gasteiger partial charge in [-0.2, -0.15) is 0 Å². The first-order valence-electron chi connectivity index (χ1n) is 9.84. The van der Waals surface area contributed by atoms with Crippen molar-refractivity contribution in [1.82, 2.24) is 10.2 Å². The number of nitrogens with zero attached hydrogens (tertiary/aromatic N) is 1. The van der Waals surface area contributed by atoms with Crippen LogP contribution in [-0.2, 0) is 12.8 Å². The van der Waals surface area contributed by atoms with E-state index in [1.165, 1.54) is 36.0 Å². The summed E-state index contributed by atoms with van der Waals surface area (Å²) in [6.45, 7) is 2.34. The van der Waals surface area contributed by atoms with Crippen molar-refractivity contribution in [2.45, 2.75) is 70.4 Å². The van der Waals surface area contributed by atoms with Crippen molar-refractivity contribution in [3.8, 4) is 0 Å². The third-order valence-corrected chi connectivity index (χ3v) is 6.16. The molecular weight excluding hydrogens is 312 g/mol. The molecule has 3 rings (SSSR count). The van der Waals surface area contributed by atoms with Gasteiger partial charge < -0.3 is 15.3 Å². The van der Waals surface area contributed by atoms with Crippen LogP contribution in [0, 0.1) is 5.92 Å². The van der Waals surface area contributed by atoms with Gasteiger partial charge in [-0.3, -0.25) is 0 Å². The van der Waals surface area contributed by atoms with Crippen LogP contribution < -0.4 is 5.32 Å². The molecule has 1 unspecified atom stereocenters. The third-order valence-electron chi connectivity index (χ3n) is 6.16. The van der Waals surface area contributed by atoms with E-state index in [9.17, 15) is 9.90 Å². The summed E-state index contributed by atoms with van der Waals surface area (Å²) < 4.78 is 0. The Balaban J connectivity index is 1.57. The number of aryl methyl sites for hydroxylation is 2. The second-order valence-corrected chi connectivity index (χ2v) is 7.87. The first kappa shape index (κ1) is 18.2. The summed E-state index contributed by atoms with van der Waals surface area (Å²) in [4.78, 5) is 14.5. The van der Waals surface area contributed by atoms with E-state index >= 15 is 0 Å². The van der Waals surface area contributed by atoms with E-state index in [4.69, 9.17) is 0 Å². The highest BCUT2D eigenvalue weighted by Crippen LogP contribution is 2.28. The van der Waals surface area contributed by atoms with Crippen LogP contribution in [0.1, 0.15) is 68.2 Å². The summed E-state index contributed by atoms with van der Waals surface area (Å²) in [5.41, 5.74) is 4.14. The van der Waals surface area contributed by atoms with Gasteiger partial charge in [0.25, 0.3) is 0 Å². The van der Waals surface area contributed by atoms with Crippen molar-refractivity contribution in [1.29, 1.82) is 0 Å². The highest BCUT2D eigenvalue weighted by atomic mass is 16.3. The number of carbonyl (C=O) groups is 1. The number of aliphatic hydroxyl groups is 1. The van der Waals surface area contributed by atoms with Gasteiger partial charge in [0, 0.05) is 19.7 Å². The van der Waals surface area contributed by atoms with Crippen LogP contribution in [0.2, 0.25) is 0 Å². The van der Waals surface area contributed by atoms with Crippen molar-refractivity contribution >= 4 is 6.03 Å². The number of carbonyl (C=O) groups excluding carboxylic acids is 1. The van der Waals surface area contributed by atoms with Crippen LogP contribution in [0.15, 0.2) is 18.2 Å². The van der Waals surface area contributed by atoms with Crippen molar-refractivity contribution < 1.29 is 9.90 Å². The van der Waals surface area contributed by atoms with Gasteiger partial charge in [0.1, 0.15) is 0 Å². The zero-order chi connectivity index (χ0) is 17.8. The molecule has 1 saturated carbocycles. The Morgan fingerprint density at radius 2 is 1.88 bits per heavy atom. The van der Waals surface area contributed by atoms with Crippen molar-refractivity contribution in [2.75, 3.05) is 13.7 Å². The van der Waals surface area contributed by atoms with Gasteiger partial charge in [0.2, 0.25) is 0 Å². The van der Waals surface area contributed by atoms with Crippen LogP contribution in [0.25, 0.3) is 0 Å². The van der Waals surface area contributed by atoms with Crippen LogP contribution in [0.3, 0.4) is 0 Å². The number of nitrogens with one attached hydrogen (secondary N) is 1. The molecule has 0 spiro atoms. The van der Waals surface area contributed by atoms with E-state index < -0.39 is 0 Å². The van der Waals surface area contributed by atoms with Gasteiger partial charge in [0.15, 0.2) is 0 Å². The predicted molar refractivity (Wildman–Crippen MR) is 101 cm³/mol. The highest BCUT2D eigenvalue weighted by molar-refractivity contribution is 5.74. The zero-order valence-electron chi connectivity index (χ0n) is 15.6. The Hall–Kier alpha value is -1.55. The summed E-state index contributed by atoms with van der Waals surface area (Å²) in [5, 5.41) is 12.4. The van der Waals surface area contributed by atoms with Crippen molar-refractivity contribution in [3.63, 3.8) is 0 Å². The van der Waals surface area contributed by atoms with Gasteiger partial charge in [-0.05, 0) is 80.9 Å². The monoisotopic (exact) mass is 344 g/mol. The minimum atomic E-state index is 0.0117. The normalized spacial score (nSPS) is 24.3. The van der Waals surface area contributed by atoms with Crippen LogP contribution in [0.4, 0.5) is 4.79 Å². The molecule has 0 bridgehead atoms. The van der Waals surface area contributed by atoms with Crippen LogP contribution >= 0.6 is 0 Å². The fraction of sp³-hybridized carbons (Fsp3) is 0.667. The molecule has 1 aromatic rings. The lowest BCUT2D eigenvalue weighted by Gasteiger charge is -2.34. The van der Waals surface area contributed by atoms with Gasteiger partial charge in [-0.15, -0.1) is 0 Å². The quantitative estimate of drug-likeness (QED) is 0.872. The fourth-order valence-electron chi connectivity index (χ4n) is 4.27. The molecule has 138 valence electrons. The Kier molecular flexibility index (Phi) is 6.00. The average molecular weight is 344 g/mol. The fourth-order valence-corrected chi connectivity index (χ4v) is 4.27. The highest BCUT2D eigenvalue weighted by Gasteiger charge is 2.27. The standard InChI is InChI=1S/C21H32N2O2/c1-15(18-10-9-17-5-3-4-6-19(17)13-18)22-21(25)23(2)20-11-7-16(14-24)8-12-20/h9-10,13,15-16,20,24H,3-8,11-12,14H2,1-2H3,(H,22,25). The molecule has 25 heavy (non-hydrogen) atoms. The molecule has 1 aromatic carbocycles. The molecule has 0 aliphatic heterocycles. The average Bonchev–Trinajstić information content (AvgIpc) is 2.67. The van der Waals surface area contributed by atoms with Gasteiger partial charge >= 0.3 is 6.03 Å². The lowest BCUT2D eigenvalue weighted by atomic mass is 9.86. The molecule has 1 fully saturated rings. The molecule has 2 aliphatic rings. The molecule has 0 aromatic heterocycles. The maximum absolute atomic E-state index is 12.6. The molecular formula is C21H32N2O2. The Bertz CT molecular complexity index is 594. The van der Waals surface area contributed by atoms with E-state index in [1.807, 2.05) is 11.9 Å². The summed E-state index contributed by atoms with van der Waals surface area (Å²) in [5.74, 6) is 0.419. The van der Waals surface area contributed by atoms with Gasteiger partial charge in [-0.25, -0.2) is 4.79 Å². The van der Waals surface area contributed by atoms with Gasteiger partial charge in [-0.1, -0.05) is 18.2 Å². The molecule has 0 radical (unpaired) electrons. The van der Waals surface area contributed by atoms with E-state index in [-0.39, 0.29) is 18.7 Å². The van der Waals surface area contributed by atoms with Crippen LogP contribution in [-0.4, -0.2) is 35.7 Å². The number of amides is 2. The topological polar surface area (TPSA) is 52.6 Å². The maximum Gasteiger partial charge on any atom is 0.317 e. The first-order valence-corrected chi connectivity index (χ1v) is 9.84. The minimum absolute atomic E-state index is 0.0117. The Labute approximate surface area is 151 Å². The number of hydrogen-bond donors (Lipinski definition) is 2. The summed E-state index contributed by atoms with van der Waals surface area (Å²) in [7, 11) is 1.90. The Morgan fingerprint density at radius 3 is 2.56 bits per heavy atom. The van der Waals surface area contributed by atoms with Crippen LogP contribution in [0.5, 0.6) is 0 Å². The Morgan fingerprint density at radius 1 is 1.20 bits per heavy atom. The summed E-state index contributed by atoms with van der Waals surface area (Å²) >= 11 is 0. The van der Waals surface area contributed by atoms with E-state index in [0.717, 1.165) is 32.1 Å². The summed E-state index contributed by atoms with van der Waals surface area (Å²) in [6, 6.07) is 7.02. The van der Waals surface area contributed by atoms with Gasteiger partial charge in [0.05, 0.1) is 6.04 Å².